The number of halogens is 1. The summed E-state index contributed by atoms with van der Waals surface area (Å²) in [5.74, 6) is -0.453. The molecule has 0 radical (unpaired) electrons. The number of hydrogen-bond acceptors (Lipinski definition) is 5. The number of urea groups is 1. The van der Waals surface area contributed by atoms with Crippen molar-refractivity contribution in [2.24, 2.45) is 10.9 Å². The number of carbonyl (C=O) groups is 2. The van der Waals surface area contributed by atoms with E-state index in [9.17, 15) is 14.0 Å². The molecule has 0 spiro atoms. The van der Waals surface area contributed by atoms with Crippen LogP contribution in [0.25, 0.3) is 0 Å². The van der Waals surface area contributed by atoms with Crippen LogP contribution in [0.4, 0.5) is 9.18 Å². The molecule has 158 valence electrons. The number of aliphatic imine (C=N–C) groups is 1. The molecule has 2 aromatic rings. The van der Waals surface area contributed by atoms with Crippen LogP contribution in [0.5, 0.6) is 11.5 Å². The summed E-state index contributed by atoms with van der Waals surface area (Å²) in [6, 6.07) is 9.86. The Labute approximate surface area is 173 Å². The number of benzene rings is 2. The van der Waals surface area contributed by atoms with Crippen molar-refractivity contribution in [3.63, 3.8) is 0 Å². The van der Waals surface area contributed by atoms with Gasteiger partial charge in [-0.2, -0.15) is 0 Å². The molecule has 2 aromatic carbocycles. The average molecular weight is 414 g/mol. The number of esters is 1. The van der Waals surface area contributed by atoms with Crippen molar-refractivity contribution < 1.29 is 28.2 Å². The van der Waals surface area contributed by atoms with Crippen molar-refractivity contribution in [2.45, 2.75) is 26.5 Å². The Kier molecular flexibility index (Phi) is 6.66. The number of methoxy groups -OCH3 is 1. The molecule has 2 atom stereocenters. The molecule has 1 heterocycles. The molecule has 2 amide bonds. The van der Waals surface area contributed by atoms with E-state index in [1.165, 1.54) is 31.4 Å². The summed E-state index contributed by atoms with van der Waals surface area (Å²) >= 11 is 0. The topological polar surface area (TPSA) is 86.2 Å². The molecule has 1 aliphatic heterocycles. The van der Waals surface area contributed by atoms with Crippen molar-refractivity contribution in [3.8, 4) is 11.5 Å². The molecule has 7 nitrogen and oxygen atoms in total. The first-order valence-corrected chi connectivity index (χ1v) is 9.50. The standard InChI is InChI=1S/C22H23FN2O5/c1-4-29-21(26)19-13(2)24-22(27)25-20(19)14-5-10-18(28-3)15(11-14)12-30-17-8-6-16(23)7-9-17/h5-11,19-20H,4,12H2,1-3H3,(H,25,27). The van der Waals surface area contributed by atoms with Crippen LogP contribution in [0.15, 0.2) is 47.5 Å². The fourth-order valence-electron chi connectivity index (χ4n) is 3.33. The van der Waals surface area contributed by atoms with Crippen molar-refractivity contribution in [2.75, 3.05) is 13.7 Å². The predicted octanol–water partition coefficient (Wildman–Crippen LogP) is 3.82. The lowest BCUT2D eigenvalue weighted by atomic mass is 9.87. The molecule has 1 aliphatic rings. The maximum atomic E-state index is 13.1. The van der Waals surface area contributed by atoms with Crippen LogP contribution in [0.1, 0.15) is 31.0 Å². The van der Waals surface area contributed by atoms with Gasteiger partial charge in [0.05, 0.1) is 19.8 Å². The van der Waals surface area contributed by atoms with Crippen LogP contribution >= 0.6 is 0 Å². The maximum absolute atomic E-state index is 13.1. The van der Waals surface area contributed by atoms with Gasteiger partial charge < -0.3 is 19.5 Å². The number of amides is 2. The highest BCUT2D eigenvalue weighted by Crippen LogP contribution is 2.32. The zero-order valence-corrected chi connectivity index (χ0v) is 17.0. The quantitative estimate of drug-likeness (QED) is 0.696. The second-order valence-electron chi connectivity index (χ2n) is 6.72. The van der Waals surface area contributed by atoms with Gasteiger partial charge in [0.15, 0.2) is 0 Å². The molecule has 8 heteroatoms. The summed E-state index contributed by atoms with van der Waals surface area (Å²) < 4.78 is 29.4. The summed E-state index contributed by atoms with van der Waals surface area (Å²) in [5, 5.41) is 2.75. The molecule has 3 rings (SSSR count). The van der Waals surface area contributed by atoms with Gasteiger partial charge in [-0.05, 0) is 55.8 Å². The van der Waals surface area contributed by atoms with Crippen molar-refractivity contribution in [3.05, 3.63) is 59.4 Å². The lowest BCUT2D eigenvalue weighted by Gasteiger charge is -2.30. The number of hydrogen-bond donors (Lipinski definition) is 1. The lowest BCUT2D eigenvalue weighted by Crippen LogP contribution is -2.44. The van der Waals surface area contributed by atoms with E-state index < -0.39 is 24.0 Å². The zero-order valence-electron chi connectivity index (χ0n) is 17.0. The number of rotatable bonds is 7. The van der Waals surface area contributed by atoms with E-state index in [1.54, 1.807) is 32.0 Å². The maximum Gasteiger partial charge on any atom is 0.341 e. The Morgan fingerprint density at radius 2 is 1.93 bits per heavy atom. The minimum atomic E-state index is -0.734. The highest BCUT2D eigenvalue weighted by Gasteiger charge is 2.38. The summed E-state index contributed by atoms with van der Waals surface area (Å²) in [7, 11) is 1.54. The Hall–Kier alpha value is -3.42. The van der Waals surface area contributed by atoms with Gasteiger partial charge in [-0.3, -0.25) is 4.79 Å². The molecule has 30 heavy (non-hydrogen) atoms. The molecular weight excluding hydrogens is 391 g/mol. The molecule has 0 saturated heterocycles. The Morgan fingerprint density at radius 3 is 2.60 bits per heavy atom. The molecule has 0 bridgehead atoms. The van der Waals surface area contributed by atoms with E-state index in [-0.39, 0.29) is 19.0 Å². The number of nitrogens with zero attached hydrogens (tertiary/aromatic N) is 1. The van der Waals surface area contributed by atoms with Gasteiger partial charge in [0.2, 0.25) is 0 Å². The van der Waals surface area contributed by atoms with E-state index in [0.717, 1.165) is 0 Å². The summed E-state index contributed by atoms with van der Waals surface area (Å²) in [6.45, 7) is 3.73. The van der Waals surface area contributed by atoms with Crippen LogP contribution < -0.4 is 14.8 Å². The first kappa shape index (κ1) is 21.3. The largest absolute Gasteiger partial charge is 0.496 e. The van der Waals surface area contributed by atoms with Crippen molar-refractivity contribution >= 4 is 17.7 Å². The number of ether oxygens (including phenoxy) is 3. The van der Waals surface area contributed by atoms with E-state index in [4.69, 9.17) is 14.2 Å². The van der Waals surface area contributed by atoms with Gasteiger partial charge in [-0.1, -0.05) is 6.07 Å². The lowest BCUT2D eigenvalue weighted by molar-refractivity contribution is -0.146. The summed E-state index contributed by atoms with van der Waals surface area (Å²) in [4.78, 5) is 28.4. The zero-order chi connectivity index (χ0) is 21.7. The van der Waals surface area contributed by atoms with Gasteiger partial charge >= 0.3 is 12.0 Å². The fourth-order valence-corrected chi connectivity index (χ4v) is 3.33. The van der Waals surface area contributed by atoms with Gasteiger partial charge in [-0.25, -0.2) is 14.2 Å². The molecule has 0 fully saturated rings. The van der Waals surface area contributed by atoms with Gasteiger partial charge in [0.25, 0.3) is 0 Å². The van der Waals surface area contributed by atoms with E-state index in [0.29, 0.717) is 28.3 Å². The molecule has 2 unspecified atom stereocenters. The third kappa shape index (κ3) is 4.76. The highest BCUT2D eigenvalue weighted by molar-refractivity contribution is 6.08. The van der Waals surface area contributed by atoms with E-state index in [1.807, 2.05) is 0 Å². The Morgan fingerprint density at radius 1 is 1.20 bits per heavy atom. The van der Waals surface area contributed by atoms with E-state index in [2.05, 4.69) is 10.3 Å². The monoisotopic (exact) mass is 414 g/mol. The van der Waals surface area contributed by atoms with Crippen LogP contribution in [-0.4, -0.2) is 31.4 Å². The third-order valence-corrected chi connectivity index (χ3v) is 4.75. The summed E-state index contributed by atoms with van der Waals surface area (Å²) in [6.07, 6.45) is 0. The second kappa shape index (κ2) is 9.39. The number of carbonyl (C=O) groups excluding carboxylic acids is 2. The first-order valence-electron chi connectivity index (χ1n) is 9.50. The molecular formula is C22H23FN2O5. The second-order valence-corrected chi connectivity index (χ2v) is 6.72. The van der Waals surface area contributed by atoms with Crippen molar-refractivity contribution in [1.82, 2.24) is 5.32 Å². The molecule has 0 aromatic heterocycles. The van der Waals surface area contributed by atoms with Gasteiger partial charge in [0.1, 0.15) is 29.8 Å². The normalized spacial score (nSPS) is 18.3. The van der Waals surface area contributed by atoms with Crippen LogP contribution in [0.2, 0.25) is 0 Å². The summed E-state index contributed by atoms with van der Waals surface area (Å²) in [5.41, 5.74) is 1.78. The smallest absolute Gasteiger partial charge is 0.341 e. The van der Waals surface area contributed by atoms with Crippen LogP contribution in [-0.2, 0) is 16.1 Å². The first-order chi connectivity index (χ1) is 14.4. The predicted molar refractivity (Wildman–Crippen MR) is 108 cm³/mol. The molecule has 0 aliphatic carbocycles. The Balaban J connectivity index is 1.89. The average Bonchev–Trinajstić information content (AvgIpc) is 2.72. The van der Waals surface area contributed by atoms with Crippen LogP contribution in [0.3, 0.4) is 0 Å². The fraction of sp³-hybridized carbons (Fsp3) is 0.318. The van der Waals surface area contributed by atoms with E-state index >= 15 is 0 Å². The SMILES string of the molecule is CCOC(=O)C1C(C)=NC(=O)NC1c1ccc(OC)c(COc2ccc(F)cc2)c1. The molecule has 1 N–H and O–H groups in total. The van der Waals surface area contributed by atoms with Crippen molar-refractivity contribution in [1.29, 1.82) is 0 Å². The molecule has 0 saturated carbocycles. The number of nitrogens with one attached hydrogen (secondary N) is 1. The Bertz CT molecular complexity index is 959. The van der Waals surface area contributed by atoms with Crippen LogP contribution in [0, 0.1) is 11.7 Å². The minimum Gasteiger partial charge on any atom is -0.496 e. The minimum absolute atomic E-state index is 0.153. The van der Waals surface area contributed by atoms with Gasteiger partial charge in [-0.15, -0.1) is 0 Å². The third-order valence-electron chi connectivity index (χ3n) is 4.75. The van der Waals surface area contributed by atoms with Gasteiger partial charge in [0, 0.05) is 11.3 Å². The highest BCUT2D eigenvalue weighted by atomic mass is 19.1.